The summed E-state index contributed by atoms with van der Waals surface area (Å²) in [4.78, 5) is 7.37. The third-order valence-corrected chi connectivity index (χ3v) is 5.72. The highest BCUT2D eigenvalue weighted by atomic mass is 32.2. The lowest BCUT2D eigenvalue weighted by Gasteiger charge is -2.47. The first-order valence-corrected chi connectivity index (χ1v) is 8.40. The fraction of sp³-hybridized carbons (Fsp3) is 0.929. The Kier molecular flexibility index (Phi) is 3.85. The molecule has 3 unspecified atom stereocenters. The summed E-state index contributed by atoms with van der Waals surface area (Å²) < 4.78 is 0. The predicted molar refractivity (Wildman–Crippen MR) is 79.3 cm³/mol. The van der Waals surface area contributed by atoms with E-state index < -0.39 is 0 Å². The Morgan fingerprint density at radius 2 is 1.94 bits per heavy atom. The van der Waals surface area contributed by atoms with E-state index in [9.17, 15) is 0 Å². The van der Waals surface area contributed by atoms with E-state index in [0.717, 1.165) is 12.1 Å². The highest BCUT2D eigenvalue weighted by Crippen LogP contribution is 2.33. The van der Waals surface area contributed by atoms with Gasteiger partial charge in [0.2, 0.25) is 0 Å². The Morgan fingerprint density at radius 3 is 2.61 bits per heavy atom. The van der Waals surface area contributed by atoms with Gasteiger partial charge in [-0.05, 0) is 46.1 Å². The van der Waals surface area contributed by atoms with Gasteiger partial charge in [-0.1, -0.05) is 18.2 Å². The number of aliphatic imine (C=N–C) groups is 1. The van der Waals surface area contributed by atoms with E-state index in [4.69, 9.17) is 4.99 Å². The van der Waals surface area contributed by atoms with Crippen molar-refractivity contribution in [2.24, 2.45) is 4.99 Å². The summed E-state index contributed by atoms with van der Waals surface area (Å²) in [5, 5.41) is 4.93. The van der Waals surface area contributed by atoms with Gasteiger partial charge < -0.3 is 10.2 Å². The summed E-state index contributed by atoms with van der Waals surface area (Å²) in [5.74, 6) is 1.23. The molecule has 3 atom stereocenters. The molecule has 4 heteroatoms. The first-order chi connectivity index (χ1) is 8.72. The average molecular weight is 267 g/mol. The minimum Gasteiger partial charge on any atom is -0.362 e. The first-order valence-electron chi connectivity index (χ1n) is 7.41. The van der Waals surface area contributed by atoms with Gasteiger partial charge in [0.15, 0.2) is 5.17 Å². The number of hydrogen-bond donors (Lipinski definition) is 1. The number of piperidine rings is 2. The Labute approximate surface area is 115 Å². The van der Waals surface area contributed by atoms with Crippen molar-refractivity contribution in [2.45, 2.75) is 69.6 Å². The van der Waals surface area contributed by atoms with Gasteiger partial charge in [0.25, 0.3) is 0 Å². The number of thioether (sulfide) groups is 1. The molecule has 0 aromatic carbocycles. The standard InChI is InChI=1S/C14H25N3S/c1-10-6-7-18-14(15-10)16-11-8-12-4-3-5-13(9-11)17(12)2/h10-13H,3-9H2,1-2H3,(H,15,16). The van der Waals surface area contributed by atoms with Gasteiger partial charge in [0.1, 0.15) is 0 Å². The van der Waals surface area contributed by atoms with Gasteiger partial charge in [-0.2, -0.15) is 0 Å². The second-order valence-electron chi connectivity index (χ2n) is 6.14. The van der Waals surface area contributed by atoms with Crippen molar-refractivity contribution in [2.75, 3.05) is 12.8 Å². The van der Waals surface area contributed by atoms with Gasteiger partial charge in [0.05, 0.1) is 6.04 Å². The molecule has 3 nitrogen and oxygen atoms in total. The lowest BCUT2D eigenvalue weighted by molar-refractivity contribution is 0.0530. The van der Waals surface area contributed by atoms with Crippen LogP contribution in [-0.4, -0.2) is 47.0 Å². The number of amidine groups is 1. The highest BCUT2D eigenvalue weighted by molar-refractivity contribution is 8.13. The molecule has 1 N–H and O–H groups in total. The molecule has 0 spiro atoms. The molecular weight excluding hydrogens is 242 g/mol. The van der Waals surface area contributed by atoms with Gasteiger partial charge in [0, 0.05) is 23.9 Å². The maximum atomic E-state index is 4.74. The van der Waals surface area contributed by atoms with Crippen LogP contribution in [-0.2, 0) is 0 Å². The van der Waals surface area contributed by atoms with E-state index in [1.165, 1.54) is 49.4 Å². The van der Waals surface area contributed by atoms with E-state index in [2.05, 4.69) is 24.2 Å². The van der Waals surface area contributed by atoms with Crippen molar-refractivity contribution in [3.05, 3.63) is 0 Å². The summed E-state index contributed by atoms with van der Waals surface area (Å²) in [5.41, 5.74) is 0. The smallest absolute Gasteiger partial charge is 0.157 e. The molecule has 0 aliphatic carbocycles. The van der Waals surface area contributed by atoms with Gasteiger partial charge in [-0.3, -0.25) is 4.99 Å². The molecule has 3 aliphatic rings. The van der Waals surface area contributed by atoms with Crippen molar-refractivity contribution >= 4 is 16.9 Å². The van der Waals surface area contributed by atoms with Crippen LogP contribution in [0.3, 0.4) is 0 Å². The lowest BCUT2D eigenvalue weighted by Crippen LogP contribution is -2.55. The van der Waals surface area contributed by atoms with E-state index in [1.54, 1.807) is 0 Å². The number of fused-ring (bicyclic) bond motifs is 2. The minimum atomic E-state index is 0.513. The van der Waals surface area contributed by atoms with Gasteiger partial charge >= 0.3 is 0 Å². The number of nitrogens with one attached hydrogen (secondary N) is 1. The van der Waals surface area contributed by atoms with Crippen LogP contribution >= 0.6 is 11.8 Å². The topological polar surface area (TPSA) is 27.6 Å². The normalized spacial score (nSPS) is 41.3. The molecule has 2 bridgehead atoms. The van der Waals surface area contributed by atoms with Gasteiger partial charge in [-0.25, -0.2) is 0 Å². The van der Waals surface area contributed by atoms with Crippen molar-refractivity contribution in [1.29, 1.82) is 0 Å². The Hall–Kier alpha value is -0.220. The van der Waals surface area contributed by atoms with Crippen molar-refractivity contribution in [3.8, 4) is 0 Å². The van der Waals surface area contributed by atoms with Crippen LogP contribution < -0.4 is 5.32 Å². The molecule has 0 amide bonds. The molecular formula is C14H25N3S. The quantitative estimate of drug-likeness (QED) is 0.791. The van der Waals surface area contributed by atoms with Crippen molar-refractivity contribution in [1.82, 2.24) is 10.2 Å². The molecule has 3 aliphatic heterocycles. The summed E-state index contributed by atoms with van der Waals surface area (Å²) in [6.07, 6.45) is 8.05. The molecule has 0 aromatic heterocycles. The summed E-state index contributed by atoms with van der Waals surface area (Å²) in [7, 11) is 2.32. The molecule has 3 heterocycles. The van der Waals surface area contributed by atoms with Gasteiger partial charge in [-0.15, -0.1) is 0 Å². The lowest BCUT2D eigenvalue weighted by atomic mass is 9.82. The van der Waals surface area contributed by atoms with Crippen molar-refractivity contribution in [3.63, 3.8) is 0 Å². The average Bonchev–Trinajstić information content (AvgIpc) is 2.30. The maximum Gasteiger partial charge on any atom is 0.157 e. The largest absolute Gasteiger partial charge is 0.362 e. The van der Waals surface area contributed by atoms with E-state index in [-0.39, 0.29) is 0 Å². The molecule has 102 valence electrons. The van der Waals surface area contributed by atoms with Crippen LogP contribution in [0, 0.1) is 0 Å². The van der Waals surface area contributed by atoms with E-state index in [1.807, 2.05) is 11.8 Å². The summed E-state index contributed by atoms with van der Waals surface area (Å²) in [6.45, 7) is 2.23. The maximum absolute atomic E-state index is 4.74. The number of nitrogens with zero attached hydrogens (tertiary/aromatic N) is 2. The molecule has 0 saturated carbocycles. The van der Waals surface area contributed by atoms with Crippen LogP contribution in [0.5, 0.6) is 0 Å². The zero-order chi connectivity index (χ0) is 12.5. The fourth-order valence-electron chi connectivity index (χ4n) is 3.62. The Bertz CT molecular complexity index is 317. The van der Waals surface area contributed by atoms with Crippen LogP contribution in [0.25, 0.3) is 0 Å². The second kappa shape index (κ2) is 5.41. The van der Waals surface area contributed by atoms with Crippen molar-refractivity contribution < 1.29 is 0 Å². The van der Waals surface area contributed by atoms with Crippen LogP contribution in [0.1, 0.15) is 45.4 Å². The predicted octanol–water partition coefficient (Wildman–Crippen LogP) is 2.47. The monoisotopic (exact) mass is 267 g/mol. The summed E-state index contributed by atoms with van der Waals surface area (Å²) in [6, 6.07) is 2.79. The highest BCUT2D eigenvalue weighted by Gasteiger charge is 2.36. The van der Waals surface area contributed by atoms with Crippen LogP contribution in [0.15, 0.2) is 4.99 Å². The van der Waals surface area contributed by atoms with Crippen LogP contribution in [0.4, 0.5) is 0 Å². The molecule has 3 rings (SSSR count). The Morgan fingerprint density at radius 1 is 1.22 bits per heavy atom. The molecule has 18 heavy (non-hydrogen) atoms. The third-order valence-electron chi connectivity index (χ3n) is 4.78. The fourth-order valence-corrected chi connectivity index (χ4v) is 4.77. The molecule has 2 saturated heterocycles. The third kappa shape index (κ3) is 2.69. The van der Waals surface area contributed by atoms with Crippen LogP contribution in [0.2, 0.25) is 0 Å². The number of rotatable bonds is 1. The number of hydrogen-bond acceptors (Lipinski definition) is 4. The first kappa shape index (κ1) is 12.8. The molecule has 0 aromatic rings. The zero-order valence-electron chi connectivity index (χ0n) is 11.6. The zero-order valence-corrected chi connectivity index (χ0v) is 12.4. The molecule has 0 radical (unpaired) electrons. The van der Waals surface area contributed by atoms with E-state index in [0.29, 0.717) is 12.1 Å². The second-order valence-corrected chi connectivity index (χ2v) is 7.22. The Balaban J connectivity index is 1.61. The molecule has 2 fully saturated rings. The SMILES string of the molecule is CC1CCSC(NC2CC3CCCC(C2)N3C)=N1. The summed E-state index contributed by atoms with van der Waals surface area (Å²) >= 11 is 1.91. The van der Waals surface area contributed by atoms with E-state index >= 15 is 0 Å². The minimum absolute atomic E-state index is 0.513.